The van der Waals surface area contributed by atoms with Gasteiger partial charge in [0.05, 0.1) is 0 Å². The quantitative estimate of drug-likeness (QED) is 0.198. The van der Waals surface area contributed by atoms with Crippen molar-refractivity contribution in [3.63, 3.8) is 0 Å². The molecule has 7 unspecified atom stereocenters. The van der Waals surface area contributed by atoms with E-state index in [1.807, 2.05) is 13.8 Å². The van der Waals surface area contributed by atoms with Gasteiger partial charge in [0.15, 0.2) is 18.3 Å². The zero-order chi connectivity index (χ0) is 27.9. The van der Waals surface area contributed by atoms with Gasteiger partial charge in [-0.1, -0.05) is 13.8 Å². The van der Waals surface area contributed by atoms with E-state index in [1.54, 1.807) is 6.92 Å². The summed E-state index contributed by atoms with van der Waals surface area (Å²) in [4.78, 5) is 49.3. The molecule has 3 rings (SSSR count). The van der Waals surface area contributed by atoms with Gasteiger partial charge in [0.25, 0.3) is 0 Å². The summed E-state index contributed by atoms with van der Waals surface area (Å²) in [5.41, 5.74) is -0.766. The van der Waals surface area contributed by atoms with Crippen molar-refractivity contribution in [2.75, 3.05) is 13.2 Å². The Bertz CT molecular complexity index is 1040. The third-order valence-corrected chi connectivity index (χ3v) is 7.87. The van der Waals surface area contributed by atoms with Crippen molar-refractivity contribution >= 4 is 34.0 Å². The minimum Gasteiger partial charge on any atom is -0.459 e. The van der Waals surface area contributed by atoms with Gasteiger partial charge in [-0.3, -0.25) is 14.1 Å². The highest BCUT2D eigenvalue weighted by atomic mass is 32.2. The number of ether oxygens (including phenoxy) is 6. The Hall–Kier alpha value is -2.43. The van der Waals surface area contributed by atoms with Gasteiger partial charge in [0, 0.05) is 0 Å². The standard InChI is InChI=1S/C21H28F2O13S/c1-5-20(4,6-2)36-19(27)13-12-14-17(35-18(12)26)16(15(13)34-14)33-11(25)8-31-7-10(24)32-9(3)21(22,23)37(28,29)30/h9,12-17H,5-8H2,1-4H3,(H,28,29,30). The molecule has 3 heterocycles. The number of fused-ring (bicyclic) bond motifs is 1. The molecule has 0 aromatic rings. The fourth-order valence-corrected chi connectivity index (χ4v) is 4.83. The molecule has 0 aromatic carbocycles. The minimum absolute atomic E-state index is 0.527. The molecule has 0 amide bonds. The lowest BCUT2D eigenvalue weighted by atomic mass is 9.78. The first-order valence-corrected chi connectivity index (χ1v) is 12.9. The Kier molecular flexibility index (Phi) is 8.17. The number of hydrogen-bond acceptors (Lipinski definition) is 12. The van der Waals surface area contributed by atoms with Gasteiger partial charge in [-0.05, 0) is 26.7 Å². The van der Waals surface area contributed by atoms with Crippen LogP contribution in [-0.4, -0.2) is 91.4 Å². The predicted molar refractivity (Wildman–Crippen MR) is 113 cm³/mol. The van der Waals surface area contributed by atoms with Crippen molar-refractivity contribution in [3.8, 4) is 0 Å². The van der Waals surface area contributed by atoms with Gasteiger partial charge in [-0.25, -0.2) is 9.59 Å². The number of carbonyl (C=O) groups is 4. The Labute approximate surface area is 210 Å². The molecular formula is C21H28F2O13S. The van der Waals surface area contributed by atoms with Gasteiger partial charge in [0.1, 0.15) is 42.9 Å². The third kappa shape index (κ3) is 5.56. The minimum atomic E-state index is -5.84. The SMILES string of the molecule is CCC(C)(CC)OC(=O)C1C2OC3C(OC(=O)C31)C2OC(=O)COCC(=O)OC(C)C(F)(F)S(=O)(=O)O. The predicted octanol–water partition coefficient (Wildman–Crippen LogP) is 0.388. The van der Waals surface area contributed by atoms with Crippen LogP contribution >= 0.6 is 0 Å². The van der Waals surface area contributed by atoms with E-state index in [2.05, 4.69) is 4.74 Å². The molecule has 3 fully saturated rings. The van der Waals surface area contributed by atoms with Crippen LogP contribution in [0.3, 0.4) is 0 Å². The van der Waals surface area contributed by atoms with Crippen molar-refractivity contribution in [1.29, 1.82) is 0 Å². The van der Waals surface area contributed by atoms with E-state index in [0.717, 1.165) is 0 Å². The highest BCUT2D eigenvalue weighted by Crippen LogP contribution is 2.51. The van der Waals surface area contributed by atoms with Crippen LogP contribution in [0.2, 0.25) is 0 Å². The molecule has 0 aliphatic carbocycles. The highest BCUT2D eigenvalue weighted by Gasteiger charge is 2.72. The summed E-state index contributed by atoms with van der Waals surface area (Å²) in [6.07, 6.45) is -5.43. The van der Waals surface area contributed by atoms with Crippen LogP contribution in [0.15, 0.2) is 0 Å². The summed E-state index contributed by atoms with van der Waals surface area (Å²) in [7, 11) is -5.84. The lowest BCUT2D eigenvalue weighted by molar-refractivity contribution is -0.176. The molecule has 7 atom stereocenters. The summed E-state index contributed by atoms with van der Waals surface area (Å²) in [5, 5.41) is -4.76. The van der Waals surface area contributed by atoms with Crippen LogP contribution < -0.4 is 0 Å². The average molecular weight is 559 g/mol. The number of esters is 4. The molecule has 37 heavy (non-hydrogen) atoms. The van der Waals surface area contributed by atoms with E-state index >= 15 is 0 Å². The van der Waals surface area contributed by atoms with Crippen molar-refractivity contribution < 1.29 is 69.4 Å². The maximum Gasteiger partial charge on any atom is 0.405 e. The summed E-state index contributed by atoms with van der Waals surface area (Å²) in [6, 6.07) is 0. The van der Waals surface area contributed by atoms with Gasteiger partial charge in [-0.2, -0.15) is 17.2 Å². The van der Waals surface area contributed by atoms with E-state index in [1.165, 1.54) is 0 Å². The first kappa shape index (κ1) is 29.1. The first-order chi connectivity index (χ1) is 17.1. The molecule has 210 valence electrons. The lowest BCUT2D eigenvalue weighted by Crippen LogP contribution is -2.49. The van der Waals surface area contributed by atoms with E-state index < -0.39 is 100 Å². The Morgan fingerprint density at radius 3 is 2.24 bits per heavy atom. The van der Waals surface area contributed by atoms with E-state index in [4.69, 9.17) is 28.2 Å². The average Bonchev–Trinajstić information content (AvgIpc) is 3.42. The fraction of sp³-hybridized carbons (Fsp3) is 0.810. The molecule has 0 spiro atoms. The smallest absolute Gasteiger partial charge is 0.405 e. The number of halogens is 2. The number of rotatable bonds is 12. The summed E-state index contributed by atoms with van der Waals surface area (Å²) in [5.74, 6) is -5.82. The van der Waals surface area contributed by atoms with Crippen LogP contribution in [0, 0.1) is 11.8 Å². The van der Waals surface area contributed by atoms with Crippen molar-refractivity contribution in [1.82, 2.24) is 0 Å². The molecule has 1 N–H and O–H groups in total. The zero-order valence-corrected chi connectivity index (χ0v) is 21.2. The molecule has 2 bridgehead atoms. The van der Waals surface area contributed by atoms with Gasteiger partial charge >= 0.3 is 39.2 Å². The van der Waals surface area contributed by atoms with Crippen LogP contribution in [0.25, 0.3) is 0 Å². The normalized spacial score (nSPS) is 29.5. The van der Waals surface area contributed by atoms with Gasteiger partial charge < -0.3 is 28.4 Å². The number of alkyl halides is 2. The van der Waals surface area contributed by atoms with E-state index in [9.17, 15) is 36.4 Å². The second kappa shape index (κ2) is 10.4. The van der Waals surface area contributed by atoms with E-state index in [-0.39, 0.29) is 0 Å². The Morgan fingerprint density at radius 1 is 1.08 bits per heavy atom. The van der Waals surface area contributed by atoms with Crippen LogP contribution in [-0.2, 0) is 57.7 Å². The Morgan fingerprint density at radius 2 is 1.68 bits per heavy atom. The monoisotopic (exact) mass is 558 g/mol. The number of hydrogen-bond donors (Lipinski definition) is 1. The molecule has 3 aliphatic heterocycles. The van der Waals surface area contributed by atoms with Crippen molar-refractivity contribution in [2.24, 2.45) is 11.8 Å². The maximum atomic E-state index is 13.4. The topological polar surface area (TPSA) is 178 Å². The lowest BCUT2D eigenvalue weighted by Gasteiger charge is -2.32. The van der Waals surface area contributed by atoms with E-state index in [0.29, 0.717) is 19.8 Å². The highest BCUT2D eigenvalue weighted by molar-refractivity contribution is 7.86. The van der Waals surface area contributed by atoms with Gasteiger partial charge in [0.2, 0.25) is 0 Å². The largest absolute Gasteiger partial charge is 0.459 e. The molecule has 13 nitrogen and oxygen atoms in total. The molecule has 3 aliphatic rings. The van der Waals surface area contributed by atoms with Gasteiger partial charge in [-0.15, -0.1) is 0 Å². The summed E-state index contributed by atoms with van der Waals surface area (Å²) in [6.45, 7) is 4.07. The molecule has 0 aromatic heterocycles. The fourth-order valence-electron chi connectivity index (χ4n) is 4.36. The summed E-state index contributed by atoms with van der Waals surface area (Å²) < 4.78 is 87.7. The molecule has 16 heteroatoms. The van der Waals surface area contributed by atoms with Crippen LogP contribution in [0.4, 0.5) is 8.78 Å². The van der Waals surface area contributed by atoms with Crippen molar-refractivity contribution in [2.45, 2.75) is 81.9 Å². The molecule has 0 saturated carbocycles. The summed E-state index contributed by atoms with van der Waals surface area (Å²) >= 11 is 0. The number of carbonyl (C=O) groups excluding carboxylic acids is 4. The molecule has 0 radical (unpaired) electrons. The van der Waals surface area contributed by atoms with Crippen LogP contribution in [0.5, 0.6) is 0 Å². The third-order valence-electron chi connectivity index (χ3n) is 6.85. The Balaban J connectivity index is 1.55. The second-order valence-corrected chi connectivity index (χ2v) is 10.7. The van der Waals surface area contributed by atoms with Crippen LogP contribution in [0.1, 0.15) is 40.5 Å². The molecule has 3 saturated heterocycles. The maximum absolute atomic E-state index is 13.4. The first-order valence-electron chi connectivity index (χ1n) is 11.5. The molecular weight excluding hydrogens is 530 g/mol. The van der Waals surface area contributed by atoms with Crippen molar-refractivity contribution in [3.05, 3.63) is 0 Å². The zero-order valence-electron chi connectivity index (χ0n) is 20.4. The second-order valence-electron chi connectivity index (χ2n) is 9.21.